The Labute approximate surface area is 394 Å². The van der Waals surface area contributed by atoms with E-state index in [-0.39, 0.29) is 53.3 Å². The molecule has 7 aliphatic rings. The van der Waals surface area contributed by atoms with E-state index in [4.69, 9.17) is 42.6 Å². The maximum absolute atomic E-state index is 14.3. The molecule has 0 spiro atoms. The number of nitrogens with zero attached hydrogens (tertiary/aromatic N) is 2. The predicted octanol–water partition coefficient (Wildman–Crippen LogP) is 2.47. The van der Waals surface area contributed by atoms with E-state index in [0.29, 0.717) is 42.2 Å². The first kappa shape index (κ1) is 47.1. The smallest absolute Gasteiger partial charge is 0.507 e. The van der Waals surface area contributed by atoms with Gasteiger partial charge in [0.25, 0.3) is 11.8 Å². The highest BCUT2D eigenvalue weighted by Crippen LogP contribution is 2.44. The second kappa shape index (κ2) is 18.9. The molecule has 3 aliphatic carbocycles. The molecule has 4 aliphatic heterocycles. The topological polar surface area (TPSA) is 256 Å². The number of methoxy groups -OCH3 is 1. The Morgan fingerprint density at radius 2 is 1.75 bits per heavy atom. The highest BCUT2D eigenvalue weighted by atomic mass is 16.8. The summed E-state index contributed by atoms with van der Waals surface area (Å²) >= 11 is 0. The molecule has 0 aromatic heterocycles. The summed E-state index contributed by atoms with van der Waals surface area (Å²) in [5.41, 5.74) is -0.221. The number of amides is 3. The number of benzene rings is 2. The number of hydrogen-bond acceptors (Lipinski definition) is 18. The van der Waals surface area contributed by atoms with Gasteiger partial charge in [-0.25, -0.2) is 14.4 Å². The molecule has 2 aromatic carbocycles. The van der Waals surface area contributed by atoms with Crippen LogP contribution in [0.15, 0.2) is 59.7 Å². The summed E-state index contributed by atoms with van der Waals surface area (Å²) in [6.45, 7) is 2.63. The lowest BCUT2D eigenvalue weighted by Crippen LogP contribution is -2.64. The molecule has 0 radical (unpaired) electrons. The number of fused-ring (bicyclic) bond motifs is 3. The molecule has 3 N–H and O–H groups in total. The molecule has 3 saturated heterocycles. The molecule has 10 atom stereocenters. The van der Waals surface area contributed by atoms with Crippen molar-refractivity contribution < 1.29 is 86.7 Å². The van der Waals surface area contributed by atoms with Gasteiger partial charge in [-0.1, -0.05) is 29.7 Å². The van der Waals surface area contributed by atoms with Crippen LogP contribution in [0, 0.1) is 42.4 Å². The van der Waals surface area contributed by atoms with Crippen LogP contribution in [0.5, 0.6) is 11.5 Å². The molecule has 362 valence electrons. The highest BCUT2D eigenvalue weighted by Gasteiger charge is 2.65. The number of carbonyl (C=O) groups is 6. The molecule has 1 saturated carbocycles. The Hall–Kier alpha value is -6.94. The van der Waals surface area contributed by atoms with Crippen molar-refractivity contribution in [3.05, 3.63) is 70.8 Å². The minimum absolute atomic E-state index is 0.0208. The normalized spacial score (nSPS) is 31.9. The van der Waals surface area contributed by atoms with Gasteiger partial charge in [-0.15, -0.1) is 0 Å². The van der Waals surface area contributed by atoms with Gasteiger partial charge in [0.2, 0.25) is 12.4 Å². The van der Waals surface area contributed by atoms with Crippen molar-refractivity contribution in [2.45, 2.75) is 100 Å². The predicted molar refractivity (Wildman–Crippen MR) is 233 cm³/mol. The first-order valence-corrected chi connectivity index (χ1v) is 22.3. The number of esters is 2. The van der Waals surface area contributed by atoms with E-state index in [9.17, 15) is 44.1 Å². The third-order valence-electron chi connectivity index (χ3n) is 13.5. The standard InChI is InChI=1S/C49H48N2O18/c1-24-18-29(61-4)20-32-30(24)12-13-33(52)39(32)45(58)66-34-19-28-16-17-49(36-22-62-48(60)67-36)35(69-49)7-5-6-31(28)43(34)68-46-40(42(56)41(55)25(2)65-46)50(3)47(59)64-23-63-44(57)27-10-8-26(9-11-27)21-51-37(53)14-15-38(51)54/h6,12-15,18-20,25-27,34-36,40-43,46,52,55-56H,8-11,21-23H2,1-4H3/t25-,26?,27?,34-,35-,36?,40-,41+,42-,43-,46-,49+/m1/s1. The SMILES string of the molecule is COc1cc(C)c2ccc(O)c(C(=O)O[C@@H]3C=C4C#C[C@]5(C6COC(=O)O6)O[C@@H]5C#CC=C4[C@H]3O[C@H]3O[C@H](C)[C@H](O)[C@H](O)[C@H]3N(C)C(=O)OCOC(=O)C3CCC(CN4C(=O)C=CC4=O)CC3)c2c1. The number of aromatic hydroxyl groups is 1. The van der Waals surface area contributed by atoms with Gasteiger partial charge in [0.15, 0.2) is 24.6 Å². The molecule has 2 aromatic rings. The molecule has 20 nitrogen and oxygen atoms in total. The van der Waals surface area contributed by atoms with Gasteiger partial charge in [-0.3, -0.25) is 19.3 Å². The van der Waals surface area contributed by atoms with E-state index in [1.807, 2.05) is 6.92 Å². The Morgan fingerprint density at radius 3 is 2.46 bits per heavy atom. The summed E-state index contributed by atoms with van der Waals surface area (Å²) < 4.78 is 51.1. The van der Waals surface area contributed by atoms with Crippen molar-refractivity contribution >= 4 is 46.8 Å². The quantitative estimate of drug-likeness (QED) is 0.0690. The van der Waals surface area contributed by atoms with E-state index < -0.39 is 97.6 Å². The van der Waals surface area contributed by atoms with Crippen molar-refractivity contribution in [1.29, 1.82) is 0 Å². The average molecular weight is 953 g/mol. The van der Waals surface area contributed by atoms with Crippen LogP contribution in [-0.2, 0) is 52.3 Å². The number of imide groups is 1. The lowest BCUT2D eigenvalue weighted by molar-refractivity contribution is -0.286. The van der Waals surface area contributed by atoms with Crippen molar-refractivity contribution in [1.82, 2.24) is 9.80 Å². The molecule has 4 fully saturated rings. The maximum atomic E-state index is 14.3. The summed E-state index contributed by atoms with van der Waals surface area (Å²) in [5, 5.41) is 34.7. The Morgan fingerprint density at radius 1 is 1.00 bits per heavy atom. The first-order valence-electron chi connectivity index (χ1n) is 22.3. The number of rotatable bonds is 12. The summed E-state index contributed by atoms with van der Waals surface area (Å²) in [6.07, 6.45) is -4.76. The van der Waals surface area contributed by atoms with Crippen molar-refractivity contribution in [3.63, 3.8) is 0 Å². The zero-order valence-electron chi connectivity index (χ0n) is 37.8. The maximum Gasteiger partial charge on any atom is 0.508 e. The largest absolute Gasteiger partial charge is 0.508 e. The van der Waals surface area contributed by atoms with Crippen LogP contribution in [-0.4, -0.2) is 156 Å². The van der Waals surface area contributed by atoms with Crippen molar-refractivity contribution in [2.75, 3.05) is 34.1 Å². The third-order valence-corrected chi connectivity index (χ3v) is 13.5. The number of phenols is 1. The first-order chi connectivity index (χ1) is 33.1. The number of aryl methyl sites for hydroxylation is 1. The van der Waals surface area contributed by atoms with Crippen molar-refractivity contribution in [3.8, 4) is 35.2 Å². The van der Waals surface area contributed by atoms with Gasteiger partial charge in [0.05, 0.1) is 19.1 Å². The summed E-state index contributed by atoms with van der Waals surface area (Å²) in [5.74, 6) is 9.20. The number of allylic oxidation sites excluding steroid dienone is 1. The molecule has 69 heavy (non-hydrogen) atoms. The number of cyclic esters (lactones) is 2. The number of aliphatic hydroxyl groups excluding tert-OH is 2. The lowest BCUT2D eigenvalue weighted by Gasteiger charge is -2.45. The van der Waals surface area contributed by atoms with Crippen LogP contribution < -0.4 is 4.74 Å². The molecule has 20 heteroatoms. The Balaban J connectivity index is 0.937. The number of epoxide rings is 1. The van der Waals surface area contributed by atoms with Gasteiger partial charge in [0, 0.05) is 42.3 Å². The van der Waals surface area contributed by atoms with Crippen molar-refractivity contribution in [2.24, 2.45) is 11.8 Å². The number of carbonyl (C=O) groups excluding carboxylic acids is 6. The molecule has 1 unspecified atom stereocenters. The van der Waals surface area contributed by atoms with Gasteiger partial charge < -0.3 is 62.9 Å². The number of ether oxygens (including phenoxy) is 9. The van der Waals surface area contributed by atoms with Gasteiger partial charge in [-0.2, -0.15) is 0 Å². The second-order valence-corrected chi connectivity index (χ2v) is 17.7. The van der Waals surface area contributed by atoms with E-state index >= 15 is 0 Å². The summed E-state index contributed by atoms with van der Waals surface area (Å²) in [7, 11) is 2.72. The molecule has 0 bridgehead atoms. The molecule has 4 heterocycles. The lowest BCUT2D eigenvalue weighted by atomic mass is 9.82. The van der Waals surface area contributed by atoms with E-state index in [1.54, 1.807) is 18.2 Å². The molecule has 9 rings (SSSR count). The van der Waals surface area contributed by atoms with Crippen LogP contribution >= 0.6 is 0 Å². The van der Waals surface area contributed by atoms with Crippen LogP contribution in [0.2, 0.25) is 0 Å². The number of likely N-dealkylation sites (N-methyl/N-ethyl adjacent to an activating group) is 1. The fourth-order valence-electron chi connectivity index (χ4n) is 9.52. The van der Waals surface area contributed by atoms with E-state index in [0.717, 1.165) is 10.5 Å². The minimum atomic E-state index is -1.70. The Bertz CT molecular complexity index is 2700. The van der Waals surface area contributed by atoms with Gasteiger partial charge >= 0.3 is 24.2 Å². The highest BCUT2D eigenvalue weighted by molar-refractivity contribution is 6.13. The zero-order chi connectivity index (χ0) is 48.9. The number of phenolic OH excluding ortho intramolecular Hbond substituents is 1. The molecular weight excluding hydrogens is 905 g/mol. The Kier molecular flexibility index (Phi) is 12.9. The summed E-state index contributed by atoms with van der Waals surface area (Å²) in [6, 6.07) is 4.89. The van der Waals surface area contributed by atoms with Crippen LogP contribution in [0.4, 0.5) is 9.59 Å². The minimum Gasteiger partial charge on any atom is -0.507 e. The van der Waals surface area contributed by atoms with Crippen LogP contribution in [0.3, 0.4) is 0 Å². The monoisotopic (exact) mass is 952 g/mol. The number of hydrogen-bond donors (Lipinski definition) is 3. The fourth-order valence-corrected chi connectivity index (χ4v) is 9.52. The fraction of sp³-hybridized carbons (Fsp3) is 0.469. The second-order valence-electron chi connectivity index (χ2n) is 17.7. The van der Waals surface area contributed by atoms with Gasteiger partial charge in [-0.05, 0) is 86.7 Å². The number of aliphatic hydroxyl groups is 2. The van der Waals surface area contributed by atoms with E-state index in [2.05, 4.69) is 23.7 Å². The van der Waals surface area contributed by atoms with Crippen LogP contribution in [0.25, 0.3) is 10.8 Å². The zero-order valence-corrected chi connectivity index (χ0v) is 37.8. The third kappa shape index (κ3) is 9.09. The average Bonchev–Trinajstić information content (AvgIpc) is 3.49. The molecular formula is C49H48N2O18. The van der Waals surface area contributed by atoms with Gasteiger partial charge in [0.1, 0.15) is 48.0 Å². The van der Waals surface area contributed by atoms with E-state index in [1.165, 1.54) is 56.4 Å². The molecule has 3 amide bonds. The summed E-state index contributed by atoms with van der Waals surface area (Å²) in [4.78, 5) is 79.0. The van der Waals surface area contributed by atoms with Crippen LogP contribution in [0.1, 0.15) is 48.5 Å².